The van der Waals surface area contributed by atoms with Crippen LogP contribution in [0, 0.1) is 30.9 Å². The van der Waals surface area contributed by atoms with Crippen molar-refractivity contribution in [2.24, 2.45) is 0 Å². The first kappa shape index (κ1) is 19.8. The predicted octanol–water partition coefficient (Wildman–Crippen LogP) is 4.28. The average Bonchev–Trinajstić information content (AvgIpc) is 3.27. The van der Waals surface area contributed by atoms with Crippen molar-refractivity contribution >= 4 is 22.9 Å². The molecule has 3 aromatic heterocycles. The van der Waals surface area contributed by atoms with E-state index in [-0.39, 0.29) is 24.0 Å². The summed E-state index contributed by atoms with van der Waals surface area (Å²) in [6, 6.07) is 9.06. The van der Waals surface area contributed by atoms with Crippen LogP contribution in [0.5, 0.6) is 5.75 Å². The highest BCUT2D eigenvalue weighted by atomic mass is 32.1. The van der Waals surface area contributed by atoms with Crippen LogP contribution in [0.1, 0.15) is 32.3 Å². The fraction of sp³-hybridized carbons (Fsp3) is 0.300. The molecule has 0 N–H and O–H groups in total. The quantitative estimate of drug-likeness (QED) is 0.320. The van der Waals surface area contributed by atoms with Gasteiger partial charge in [-0.05, 0) is 59.8 Å². The minimum absolute atomic E-state index is 0.00421. The third-order valence-corrected chi connectivity index (χ3v) is 5.48. The van der Waals surface area contributed by atoms with Gasteiger partial charge in [0.15, 0.2) is 6.61 Å². The molecule has 0 aromatic carbocycles. The van der Waals surface area contributed by atoms with Gasteiger partial charge in [0, 0.05) is 35.3 Å². The number of hydrogen-bond donors (Lipinski definition) is 0. The van der Waals surface area contributed by atoms with Gasteiger partial charge in [0.2, 0.25) is 11.5 Å². The van der Waals surface area contributed by atoms with Crippen molar-refractivity contribution in [1.29, 1.82) is 0 Å². The number of nitro groups is 1. The van der Waals surface area contributed by atoms with E-state index in [0.29, 0.717) is 11.3 Å². The number of aromatic nitrogens is 2. The molecule has 0 fully saturated rings. The topological polar surface area (TPSA) is 87.3 Å². The number of ketones is 1. The predicted molar refractivity (Wildman–Crippen MR) is 107 cm³/mol. The molecule has 0 saturated heterocycles. The zero-order chi connectivity index (χ0) is 20.3. The molecular weight excluding hydrogens is 378 g/mol. The Morgan fingerprint density at radius 2 is 2.07 bits per heavy atom. The molecule has 0 aliphatic rings. The number of aryl methyl sites for hydroxylation is 3. The van der Waals surface area contributed by atoms with E-state index in [4.69, 9.17) is 4.74 Å². The molecule has 0 aliphatic heterocycles. The second-order valence-corrected chi connectivity index (χ2v) is 7.54. The summed E-state index contributed by atoms with van der Waals surface area (Å²) >= 11 is 1.72. The molecule has 146 valence electrons. The van der Waals surface area contributed by atoms with Crippen LogP contribution in [-0.4, -0.2) is 26.9 Å². The Morgan fingerprint density at radius 1 is 1.29 bits per heavy atom. The molecule has 0 saturated carbocycles. The average molecular weight is 399 g/mol. The van der Waals surface area contributed by atoms with Gasteiger partial charge in [-0.2, -0.15) is 0 Å². The summed E-state index contributed by atoms with van der Waals surface area (Å²) in [6.07, 6.45) is 0.902. The minimum atomic E-state index is -0.608. The van der Waals surface area contributed by atoms with Gasteiger partial charge in [0.1, 0.15) is 5.69 Å². The highest BCUT2D eigenvalue weighted by Gasteiger charge is 2.21. The van der Waals surface area contributed by atoms with Crippen molar-refractivity contribution in [3.05, 3.63) is 73.3 Å². The Balaban J connectivity index is 1.71. The molecule has 0 amide bonds. The SMILES string of the molecule is Cc1ccc(OCC(=O)c2cc(C)n(CCc3cccs3)c2C)c([N+](=O)[O-])n1. The lowest BCUT2D eigenvalue weighted by Gasteiger charge is -2.09. The second kappa shape index (κ2) is 8.35. The minimum Gasteiger partial charge on any atom is -0.477 e. The van der Waals surface area contributed by atoms with E-state index in [1.165, 1.54) is 10.9 Å². The molecule has 8 heteroatoms. The second-order valence-electron chi connectivity index (χ2n) is 6.51. The van der Waals surface area contributed by atoms with Gasteiger partial charge in [-0.3, -0.25) is 4.79 Å². The molecule has 0 radical (unpaired) electrons. The molecule has 3 aromatic rings. The van der Waals surface area contributed by atoms with Gasteiger partial charge in [-0.25, -0.2) is 0 Å². The van der Waals surface area contributed by atoms with Gasteiger partial charge in [-0.1, -0.05) is 6.07 Å². The van der Waals surface area contributed by atoms with E-state index in [1.54, 1.807) is 24.3 Å². The lowest BCUT2D eigenvalue weighted by molar-refractivity contribution is -0.390. The normalized spacial score (nSPS) is 10.8. The van der Waals surface area contributed by atoms with E-state index in [2.05, 4.69) is 21.0 Å². The van der Waals surface area contributed by atoms with E-state index >= 15 is 0 Å². The Bertz CT molecular complexity index is 1010. The van der Waals surface area contributed by atoms with Gasteiger partial charge in [0.05, 0.1) is 0 Å². The Kier molecular flexibility index (Phi) is 5.89. The van der Waals surface area contributed by atoms with Gasteiger partial charge >= 0.3 is 5.82 Å². The van der Waals surface area contributed by atoms with Crippen LogP contribution in [0.3, 0.4) is 0 Å². The summed E-state index contributed by atoms with van der Waals surface area (Å²) in [7, 11) is 0. The van der Waals surface area contributed by atoms with E-state index in [9.17, 15) is 14.9 Å². The van der Waals surface area contributed by atoms with Crippen LogP contribution in [0.2, 0.25) is 0 Å². The molecule has 0 aliphatic carbocycles. The lowest BCUT2D eigenvalue weighted by atomic mass is 10.1. The maximum Gasteiger partial charge on any atom is 0.406 e. The van der Waals surface area contributed by atoms with Crippen molar-refractivity contribution in [3.8, 4) is 5.75 Å². The first-order valence-corrected chi connectivity index (χ1v) is 9.72. The highest BCUT2D eigenvalue weighted by molar-refractivity contribution is 7.09. The molecular formula is C20H21N3O4S. The van der Waals surface area contributed by atoms with E-state index < -0.39 is 4.92 Å². The molecule has 0 spiro atoms. The van der Waals surface area contributed by atoms with Crippen molar-refractivity contribution < 1.29 is 14.5 Å². The van der Waals surface area contributed by atoms with E-state index in [1.807, 2.05) is 26.0 Å². The van der Waals surface area contributed by atoms with Crippen LogP contribution in [-0.2, 0) is 13.0 Å². The van der Waals surface area contributed by atoms with Crippen molar-refractivity contribution in [3.63, 3.8) is 0 Å². The number of Topliss-reactive ketones (excluding diaryl/α,β-unsaturated/α-hetero) is 1. The van der Waals surface area contributed by atoms with Crippen LogP contribution < -0.4 is 4.74 Å². The number of nitrogens with zero attached hydrogens (tertiary/aromatic N) is 3. The van der Waals surface area contributed by atoms with Crippen LogP contribution >= 0.6 is 11.3 Å². The van der Waals surface area contributed by atoms with Gasteiger partial charge < -0.3 is 19.4 Å². The van der Waals surface area contributed by atoms with Crippen LogP contribution in [0.4, 0.5) is 5.82 Å². The number of rotatable bonds is 8. The monoisotopic (exact) mass is 399 g/mol. The molecule has 7 nitrogen and oxygen atoms in total. The maximum atomic E-state index is 12.7. The number of thiophene rings is 1. The molecule has 3 heterocycles. The number of carbonyl (C=O) groups is 1. The van der Waals surface area contributed by atoms with Crippen molar-refractivity contribution in [2.45, 2.75) is 33.7 Å². The zero-order valence-electron chi connectivity index (χ0n) is 16.0. The number of hydrogen-bond acceptors (Lipinski definition) is 6. The van der Waals surface area contributed by atoms with Gasteiger partial charge in [0.25, 0.3) is 0 Å². The Hall–Kier alpha value is -3.00. The molecule has 0 atom stereocenters. The highest BCUT2D eigenvalue weighted by Crippen LogP contribution is 2.25. The summed E-state index contributed by atoms with van der Waals surface area (Å²) < 4.78 is 7.55. The standard InChI is InChI=1S/C20H21N3O4S/c1-13-6-7-19(20(21-13)23(25)26)27-12-18(24)17-11-14(2)22(15(17)3)9-8-16-5-4-10-28-16/h4-7,10-11H,8-9,12H2,1-3H3. The summed E-state index contributed by atoms with van der Waals surface area (Å²) in [6.45, 7) is 6.05. The molecule has 0 bridgehead atoms. The van der Waals surface area contributed by atoms with Crippen LogP contribution in [0.25, 0.3) is 0 Å². The first-order chi connectivity index (χ1) is 13.4. The molecule has 3 rings (SSSR count). The first-order valence-electron chi connectivity index (χ1n) is 8.84. The molecule has 28 heavy (non-hydrogen) atoms. The number of pyridine rings is 1. The van der Waals surface area contributed by atoms with Crippen molar-refractivity contribution in [2.75, 3.05) is 6.61 Å². The summed E-state index contributed by atoms with van der Waals surface area (Å²) in [5, 5.41) is 13.2. The summed E-state index contributed by atoms with van der Waals surface area (Å²) in [5.41, 5.74) is 2.96. The maximum absolute atomic E-state index is 12.7. The fourth-order valence-electron chi connectivity index (χ4n) is 3.10. The lowest BCUT2D eigenvalue weighted by Crippen LogP contribution is -2.14. The fourth-order valence-corrected chi connectivity index (χ4v) is 3.80. The van der Waals surface area contributed by atoms with Crippen molar-refractivity contribution in [1.82, 2.24) is 9.55 Å². The smallest absolute Gasteiger partial charge is 0.406 e. The zero-order valence-corrected chi connectivity index (χ0v) is 16.8. The molecule has 0 unspecified atom stereocenters. The largest absolute Gasteiger partial charge is 0.477 e. The number of carbonyl (C=O) groups excluding carboxylic acids is 1. The summed E-state index contributed by atoms with van der Waals surface area (Å²) in [5.74, 6) is -0.602. The Labute approximate surface area is 166 Å². The third-order valence-electron chi connectivity index (χ3n) is 4.55. The van der Waals surface area contributed by atoms with Crippen LogP contribution in [0.15, 0.2) is 35.7 Å². The van der Waals surface area contributed by atoms with E-state index in [0.717, 1.165) is 24.4 Å². The number of ether oxygens (including phenoxy) is 1. The third kappa shape index (κ3) is 4.28. The van der Waals surface area contributed by atoms with Gasteiger partial charge in [-0.15, -0.1) is 11.3 Å². The summed E-state index contributed by atoms with van der Waals surface area (Å²) in [4.78, 5) is 28.4. The Morgan fingerprint density at radius 3 is 2.75 bits per heavy atom.